The van der Waals surface area contributed by atoms with Gasteiger partial charge in [0.2, 0.25) is 5.60 Å². The number of nitrogens with one attached hydrogen (secondary N) is 2. The Morgan fingerprint density at radius 2 is 1.59 bits per heavy atom. The van der Waals surface area contributed by atoms with Crippen molar-refractivity contribution in [2.45, 2.75) is 130 Å². The highest BCUT2D eigenvalue weighted by Crippen LogP contribution is 2.65. The van der Waals surface area contributed by atoms with Crippen LogP contribution in [0.2, 0.25) is 0 Å². The zero-order valence-corrected chi connectivity index (χ0v) is 34.5. The fourth-order valence-electron chi connectivity index (χ4n) is 9.93. The van der Waals surface area contributed by atoms with Crippen LogP contribution >= 0.6 is 0 Å². The first kappa shape index (κ1) is 44.7. The van der Waals surface area contributed by atoms with Gasteiger partial charge in [-0.2, -0.15) is 0 Å². The Balaban J connectivity index is 1.13. The van der Waals surface area contributed by atoms with E-state index in [1.165, 1.54) is 13.8 Å². The third kappa shape index (κ3) is 12.0. The van der Waals surface area contributed by atoms with Crippen LogP contribution in [0.1, 0.15) is 118 Å². The molecule has 2 N–H and O–H groups in total. The summed E-state index contributed by atoms with van der Waals surface area (Å²) in [6, 6.07) is 9.09. The molecule has 1 amide bonds. The normalized spacial score (nSPS) is 28.4. The van der Waals surface area contributed by atoms with Crippen molar-refractivity contribution in [2.24, 2.45) is 34.5 Å². The first-order valence-electron chi connectivity index (χ1n) is 20.3. The lowest BCUT2D eigenvalue weighted by molar-refractivity contribution is -0.191. The average molecular weight is 785 g/mol. The van der Waals surface area contributed by atoms with Gasteiger partial charge in [0, 0.05) is 13.0 Å². The van der Waals surface area contributed by atoms with Crippen LogP contribution in [0.4, 0.5) is 4.79 Å². The minimum absolute atomic E-state index is 0.0630. The lowest BCUT2D eigenvalue weighted by Gasteiger charge is -2.62. The number of benzene rings is 1. The number of carbonyl (C=O) groups excluding carboxylic acids is 6. The summed E-state index contributed by atoms with van der Waals surface area (Å²) in [6.45, 7) is 12.3. The van der Waals surface area contributed by atoms with Gasteiger partial charge in [0.1, 0.15) is 31.1 Å². The van der Waals surface area contributed by atoms with Gasteiger partial charge < -0.3 is 39.1 Å². The quantitative estimate of drug-likeness (QED) is 0.0977. The summed E-state index contributed by atoms with van der Waals surface area (Å²) < 4.78 is 26.6. The lowest BCUT2D eigenvalue weighted by Crippen LogP contribution is -2.56. The molecule has 0 radical (unpaired) electrons. The number of carbonyl (C=O) groups is 6. The van der Waals surface area contributed by atoms with Crippen LogP contribution in [0, 0.1) is 34.5 Å². The van der Waals surface area contributed by atoms with Crippen LogP contribution in [0.3, 0.4) is 0 Å². The molecule has 1 aromatic rings. The van der Waals surface area contributed by atoms with Crippen LogP contribution in [-0.4, -0.2) is 79.8 Å². The number of amides is 1. The molecule has 4 rings (SSSR count). The molecule has 0 aromatic heterocycles. The highest BCUT2D eigenvalue weighted by atomic mass is 16.6. The number of fused-ring (bicyclic) bond motifs is 3. The Kier molecular flexibility index (Phi) is 15.5. The third-order valence-corrected chi connectivity index (χ3v) is 12.6. The molecular formula is C43H64N2O11. The Bertz CT molecular complexity index is 1550. The van der Waals surface area contributed by atoms with E-state index in [1.807, 2.05) is 25.1 Å². The molecule has 0 heterocycles. The van der Waals surface area contributed by atoms with Gasteiger partial charge in [-0.25, -0.2) is 14.4 Å². The molecule has 56 heavy (non-hydrogen) atoms. The van der Waals surface area contributed by atoms with Crippen molar-refractivity contribution < 1.29 is 52.5 Å². The summed E-state index contributed by atoms with van der Waals surface area (Å²) in [6.07, 6.45) is 9.03. The average Bonchev–Trinajstić information content (AvgIpc) is 3.13. The van der Waals surface area contributed by atoms with Crippen molar-refractivity contribution in [3.63, 3.8) is 0 Å². The standard InChI is InChI=1S/C43H64N2O11/c1-8-12-33-32-16-15-31-24-42(6,19-20-43(31,7)34(32)17-18-41(33,5)23-29(2)46)56-37(49)28-53-38(50)40(3,4)55-36(48)25-44-21-22-52-35(47)26-45-39(51)54-27-30-13-10-9-11-14-30/h9-11,13-14,31-34,44H,8,12,15-28H2,1-7H3,(H,45,51)/t31-,32-,33-,34-,41+,42+,43-/m0/s1. The fraction of sp³-hybridized carbons (Fsp3) is 0.721. The van der Waals surface area contributed by atoms with Crippen molar-refractivity contribution in [2.75, 3.05) is 32.8 Å². The minimum Gasteiger partial charge on any atom is -0.463 e. The van der Waals surface area contributed by atoms with Gasteiger partial charge in [-0.1, -0.05) is 57.5 Å². The molecule has 0 unspecified atom stereocenters. The van der Waals surface area contributed by atoms with E-state index in [4.69, 9.17) is 23.7 Å². The molecule has 13 nitrogen and oxygen atoms in total. The molecule has 13 heteroatoms. The molecule has 3 saturated carbocycles. The molecule has 3 aliphatic rings. The van der Waals surface area contributed by atoms with Crippen LogP contribution in [0.25, 0.3) is 0 Å². The number of rotatable bonds is 18. The number of esters is 4. The van der Waals surface area contributed by atoms with Gasteiger partial charge in [0.05, 0.1) is 6.54 Å². The highest BCUT2D eigenvalue weighted by Gasteiger charge is 2.58. The largest absolute Gasteiger partial charge is 0.463 e. The lowest BCUT2D eigenvalue weighted by atomic mass is 9.43. The monoisotopic (exact) mass is 784 g/mol. The molecule has 1 aromatic carbocycles. The van der Waals surface area contributed by atoms with Gasteiger partial charge in [0.15, 0.2) is 6.61 Å². The van der Waals surface area contributed by atoms with E-state index in [0.717, 1.165) is 63.4 Å². The first-order chi connectivity index (χ1) is 26.4. The molecule has 312 valence electrons. The van der Waals surface area contributed by atoms with Gasteiger partial charge in [-0.05, 0) is 119 Å². The summed E-state index contributed by atoms with van der Waals surface area (Å²) in [5, 5.41) is 5.07. The number of ketones is 1. The predicted octanol–water partition coefficient (Wildman–Crippen LogP) is 6.24. The second-order valence-corrected chi connectivity index (χ2v) is 17.5. The van der Waals surface area contributed by atoms with Crippen molar-refractivity contribution in [3.8, 4) is 0 Å². The van der Waals surface area contributed by atoms with Crippen molar-refractivity contribution in [3.05, 3.63) is 35.9 Å². The van der Waals surface area contributed by atoms with E-state index >= 15 is 0 Å². The van der Waals surface area contributed by atoms with Crippen LogP contribution in [0.15, 0.2) is 30.3 Å². The van der Waals surface area contributed by atoms with Crippen molar-refractivity contribution in [1.29, 1.82) is 0 Å². The first-order valence-corrected chi connectivity index (χ1v) is 20.3. The minimum atomic E-state index is -1.67. The summed E-state index contributed by atoms with van der Waals surface area (Å²) in [5.74, 6) is -0.526. The van der Waals surface area contributed by atoms with Crippen LogP contribution < -0.4 is 10.6 Å². The Hall–Kier alpha value is -4.00. The molecule has 0 aliphatic heterocycles. The molecule has 3 fully saturated rings. The van der Waals surface area contributed by atoms with E-state index in [2.05, 4.69) is 31.4 Å². The van der Waals surface area contributed by atoms with Gasteiger partial charge in [-0.15, -0.1) is 0 Å². The number of Topliss-reactive ketones (excluding diaryl/α,β-unsaturated/α-hetero) is 1. The molecular weight excluding hydrogens is 720 g/mol. The molecule has 3 aliphatic carbocycles. The highest BCUT2D eigenvalue weighted by molar-refractivity contribution is 5.85. The number of alkyl carbamates (subject to hydrolysis) is 1. The maximum absolute atomic E-state index is 13.0. The molecule has 0 bridgehead atoms. The van der Waals surface area contributed by atoms with Crippen LogP contribution in [0.5, 0.6) is 0 Å². The number of hydrogen-bond donors (Lipinski definition) is 2. The fourth-order valence-corrected chi connectivity index (χ4v) is 9.93. The predicted molar refractivity (Wildman–Crippen MR) is 207 cm³/mol. The second-order valence-electron chi connectivity index (χ2n) is 17.5. The summed E-state index contributed by atoms with van der Waals surface area (Å²) >= 11 is 0. The summed E-state index contributed by atoms with van der Waals surface area (Å²) in [5.41, 5.74) is -1.32. The summed E-state index contributed by atoms with van der Waals surface area (Å²) in [4.78, 5) is 74.2. The Labute approximate surface area is 332 Å². The van der Waals surface area contributed by atoms with Gasteiger partial charge >= 0.3 is 30.0 Å². The number of hydrogen-bond acceptors (Lipinski definition) is 12. The summed E-state index contributed by atoms with van der Waals surface area (Å²) in [7, 11) is 0. The van der Waals surface area contributed by atoms with E-state index < -0.39 is 47.8 Å². The second kappa shape index (κ2) is 19.4. The van der Waals surface area contributed by atoms with Gasteiger partial charge in [0.25, 0.3) is 0 Å². The molecule has 0 saturated heterocycles. The van der Waals surface area contributed by atoms with Crippen LogP contribution in [-0.2, 0) is 54.3 Å². The molecule has 0 spiro atoms. The molecule has 7 atom stereocenters. The van der Waals surface area contributed by atoms with Crippen molar-refractivity contribution >= 4 is 35.8 Å². The number of ether oxygens (including phenoxy) is 5. The topological polar surface area (TPSA) is 173 Å². The smallest absolute Gasteiger partial charge is 0.407 e. The zero-order valence-electron chi connectivity index (χ0n) is 34.5. The Morgan fingerprint density at radius 1 is 0.857 bits per heavy atom. The van der Waals surface area contributed by atoms with Crippen molar-refractivity contribution in [1.82, 2.24) is 10.6 Å². The Morgan fingerprint density at radius 3 is 2.29 bits per heavy atom. The van der Waals surface area contributed by atoms with E-state index in [0.29, 0.717) is 30.1 Å². The van der Waals surface area contributed by atoms with E-state index in [9.17, 15) is 28.8 Å². The van der Waals surface area contributed by atoms with Gasteiger partial charge in [-0.3, -0.25) is 9.59 Å². The third-order valence-electron chi connectivity index (χ3n) is 12.6. The van der Waals surface area contributed by atoms with E-state index in [1.54, 1.807) is 19.1 Å². The zero-order chi connectivity index (χ0) is 41.1. The maximum atomic E-state index is 13.0. The maximum Gasteiger partial charge on any atom is 0.407 e. The SMILES string of the molecule is CCC[C@H]1[C@@H]2CC[C@H]3C[C@](C)(OC(=O)COC(=O)C(C)(C)OC(=O)CNCCOC(=O)CNC(=O)OCc4ccccc4)CC[C@]3(C)[C@H]2CC[C@]1(C)CC(C)=O. The van der Waals surface area contributed by atoms with E-state index in [-0.39, 0.29) is 49.5 Å².